The van der Waals surface area contributed by atoms with Crippen molar-refractivity contribution in [3.05, 3.63) is 66.0 Å². The number of carbonyl (C=O) groups excluding carboxylic acids is 7. The summed E-state index contributed by atoms with van der Waals surface area (Å²) < 4.78 is 0. The molecule has 0 aliphatic carbocycles. The zero-order valence-corrected chi connectivity index (χ0v) is 43.7. The van der Waals surface area contributed by atoms with E-state index in [1.165, 1.54) is 30.7 Å². The molecule has 1 aromatic carbocycles. The largest absolute Gasteiger partial charge is 0.394 e. The van der Waals surface area contributed by atoms with Gasteiger partial charge < -0.3 is 39.4 Å². The second-order valence-corrected chi connectivity index (χ2v) is 20.0. The van der Waals surface area contributed by atoms with Crippen molar-refractivity contribution in [1.29, 1.82) is 0 Å². The van der Waals surface area contributed by atoms with E-state index >= 15 is 9.59 Å². The Morgan fingerprint density at radius 2 is 1.13 bits per heavy atom. The number of aliphatic hydroxyl groups is 1. The van der Waals surface area contributed by atoms with Crippen LogP contribution < -0.4 is 0 Å². The quantitative estimate of drug-likeness (QED) is 0.173. The van der Waals surface area contributed by atoms with Gasteiger partial charge in [-0.2, -0.15) is 0 Å². The van der Waals surface area contributed by atoms with E-state index in [1.807, 2.05) is 85.7 Å². The number of aromatic nitrogens is 1. The monoisotopic (exact) mass is 959 g/mol. The molecule has 3 heterocycles. The molecule has 0 bridgehead atoms. The van der Waals surface area contributed by atoms with E-state index in [4.69, 9.17) is 0 Å². The molecule has 1 N–H and O–H groups in total. The Kier molecular flexibility index (Phi) is 20.7. The number of benzene rings is 1. The summed E-state index contributed by atoms with van der Waals surface area (Å²) in [7, 11) is 7.96. The Morgan fingerprint density at radius 3 is 1.67 bits per heavy atom. The molecule has 2 aliphatic heterocycles. The molecule has 4 rings (SSSR count). The lowest BCUT2D eigenvalue weighted by Gasteiger charge is -2.43. The third kappa shape index (κ3) is 12.7. The van der Waals surface area contributed by atoms with Gasteiger partial charge in [-0.3, -0.25) is 38.5 Å². The number of rotatable bonds is 22. The highest BCUT2D eigenvalue weighted by Gasteiger charge is 2.48. The van der Waals surface area contributed by atoms with Crippen LogP contribution in [0.15, 0.2) is 54.9 Å². The number of aliphatic hydroxyl groups excluding tert-OH is 1. The van der Waals surface area contributed by atoms with Crippen LogP contribution in [0.4, 0.5) is 0 Å². The highest BCUT2D eigenvalue weighted by Crippen LogP contribution is 2.30. The van der Waals surface area contributed by atoms with Gasteiger partial charge in [0.15, 0.2) is 0 Å². The summed E-state index contributed by atoms with van der Waals surface area (Å²) in [6.45, 7) is 15.9. The molecule has 10 atom stereocenters. The molecule has 16 nitrogen and oxygen atoms in total. The number of carbonyl (C=O) groups is 7. The minimum absolute atomic E-state index is 0.156. The lowest BCUT2D eigenvalue weighted by atomic mass is 9.91. The van der Waals surface area contributed by atoms with Gasteiger partial charge in [0, 0.05) is 67.1 Å². The van der Waals surface area contributed by atoms with Crippen LogP contribution in [0.2, 0.25) is 0 Å². The molecule has 2 aliphatic rings. The standard InChI is InChI=1S/C53H82N8O8/c1-14-35(6)44(51(67)59(13)45(36(7)15-2)50(66)56(10)43(34(4)5)52(68)60-29-21-26-40(60)33-62)57(11)48(64)41-27-22-30-61(41)53(69)46(37(8)16-3)58(12)49(65)42(31-38-23-18-17-19-24-38)55(9)47(63)39-25-20-28-54-32-39/h17-20,23-25,28,32,34-37,40-46,62H,14-16,21-22,26-27,29-31,33H2,1-13H3. The fourth-order valence-electron chi connectivity index (χ4n) is 10.4. The first-order valence-electron chi connectivity index (χ1n) is 25.2. The first-order chi connectivity index (χ1) is 32.7. The number of pyridine rings is 1. The Hall–Kier alpha value is -5.38. The average molecular weight is 959 g/mol. The van der Waals surface area contributed by atoms with Crippen LogP contribution in [-0.2, 0) is 35.2 Å². The molecule has 0 radical (unpaired) electrons. The van der Waals surface area contributed by atoms with Gasteiger partial charge in [-0.15, -0.1) is 0 Å². The van der Waals surface area contributed by atoms with E-state index in [9.17, 15) is 29.1 Å². The zero-order valence-electron chi connectivity index (χ0n) is 43.7. The second-order valence-electron chi connectivity index (χ2n) is 20.0. The van der Waals surface area contributed by atoms with Gasteiger partial charge >= 0.3 is 0 Å². The van der Waals surface area contributed by atoms with Crippen LogP contribution in [-0.4, -0.2) is 183 Å². The maximum absolute atomic E-state index is 15.1. The SMILES string of the molecule is CCC(C)C(C(=O)N1CCCC1C(=O)N(C)C(C(=O)N(C)C(C(=O)N(C)C(C(=O)N1CCCC1CO)C(C)C)C(C)CC)C(C)CC)N(C)C(=O)C(Cc1ccccc1)N(C)C(=O)c1cccnc1. The van der Waals surface area contributed by atoms with Crippen molar-refractivity contribution in [1.82, 2.24) is 39.3 Å². The Labute approximate surface area is 411 Å². The van der Waals surface area contributed by atoms with Gasteiger partial charge in [-0.25, -0.2) is 0 Å². The zero-order chi connectivity index (χ0) is 51.4. The fraction of sp³-hybridized carbons (Fsp3) is 0.660. The highest BCUT2D eigenvalue weighted by molar-refractivity contribution is 5.99. The van der Waals surface area contributed by atoms with Crippen molar-refractivity contribution in [3.63, 3.8) is 0 Å². The van der Waals surface area contributed by atoms with Gasteiger partial charge in [0.2, 0.25) is 35.4 Å². The normalized spacial score (nSPS) is 19.4. The molecule has 7 amide bonds. The first-order valence-corrected chi connectivity index (χ1v) is 25.2. The van der Waals surface area contributed by atoms with E-state index in [-0.39, 0.29) is 67.0 Å². The number of likely N-dealkylation sites (tertiary alicyclic amines) is 2. The molecule has 2 aromatic rings. The van der Waals surface area contributed by atoms with Crippen molar-refractivity contribution in [3.8, 4) is 0 Å². The number of hydrogen-bond acceptors (Lipinski definition) is 9. The molecular weight excluding hydrogens is 877 g/mol. The topological polar surface area (TPSA) is 175 Å². The molecule has 2 fully saturated rings. The predicted molar refractivity (Wildman–Crippen MR) is 266 cm³/mol. The number of hydrogen-bond donors (Lipinski definition) is 1. The molecule has 10 unspecified atom stereocenters. The average Bonchev–Trinajstić information content (AvgIpc) is 4.06. The third-order valence-corrected chi connectivity index (χ3v) is 15.2. The fourth-order valence-corrected chi connectivity index (χ4v) is 10.4. The van der Waals surface area contributed by atoms with Crippen LogP contribution in [0.5, 0.6) is 0 Å². The Balaban J connectivity index is 1.64. The van der Waals surface area contributed by atoms with E-state index in [1.54, 1.807) is 63.4 Å². The van der Waals surface area contributed by atoms with Gasteiger partial charge in [0.25, 0.3) is 5.91 Å². The minimum Gasteiger partial charge on any atom is -0.394 e. The van der Waals surface area contributed by atoms with Crippen molar-refractivity contribution >= 4 is 41.4 Å². The number of nitrogens with zero attached hydrogens (tertiary/aromatic N) is 8. The summed E-state index contributed by atoms with van der Waals surface area (Å²) in [4.78, 5) is 117. The number of likely N-dealkylation sites (N-methyl/N-ethyl adjacent to an activating group) is 5. The Bertz CT molecular complexity index is 2060. The van der Waals surface area contributed by atoms with Gasteiger partial charge in [-0.05, 0) is 67.1 Å². The van der Waals surface area contributed by atoms with Crippen molar-refractivity contribution in [2.45, 2.75) is 149 Å². The summed E-state index contributed by atoms with van der Waals surface area (Å²) in [5, 5.41) is 10.0. The lowest BCUT2D eigenvalue weighted by molar-refractivity contribution is -0.158. The third-order valence-electron chi connectivity index (χ3n) is 15.2. The van der Waals surface area contributed by atoms with Gasteiger partial charge in [0.05, 0.1) is 18.2 Å². The van der Waals surface area contributed by atoms with Gasteiger partial charge in [0.1, 0.15) is 36.3 Å². The molecule has 2 saturated heterocycles. The lowest BCUT2D eigenvalue weighted by Crippen LogP contribution is -2.62. The summed E-state index contributed by atoms with van der Waals surface area (Å²) in [6.07, 6.45) is 7.20. The summed E-state index contributed by atoms with van der Waals surface area (Å²) in [5.74, 6) is -3.88. The maximum atomic E-state index is 15.1. The van der Waals surface area contributed by atoms with Crippen LogP contribution in [0.3, 0.4) is 0 Å². The molecule has 69 heavy (non-hydrogen) atoms. The van der Waals surface area contributed by atoms with Crippen molar-refractivity contribution in [2.75, 3.05) is 54.9 Å². The summed E-state index contributed by atoms with van der Waals surface area (Å²) >= 11 is 0. The molecule has 16 heteroatoms. The van der Waals surface area contributed by atoms with E-state index in [2.05, 4.69) is 4.98 Å². The van der Waals surface area contributed by atoms with E-state index < -0.39 is 59.9 Å². The van der Waals surface area contributed by atoms with Crippen LogP contribution in [0, 0.1) is 23.7 Å². The molecule has 382 valence electrons. The molecule has 1 aromatic heterocycles. The minimum atomic E-state index is -0.992. The van der Waals surface area contributed by atoms with Gasteiger partial charge in [-0.1, -0.05) is 105 Å². The number of amides is 7. The molecule has 0 spiro atoms. The van der Waals surface area contributed by atoms with Crippen LogP contribution in [0.1, 0.15) is 116 Å². The van der Waals surface area contributed by atoms with Crippen LogP contribution >= 0.6 is 0 Å². The van der Waals surface area contributed by atoms with E-state index in [0.717, 1.165) is 12.0 Å². The Morgan fingerprint density at radius 1 is 0.623 bits per heavy atom. The van der Waals surface area contributed by atoms with Crippen molar-refractivity contribution in [2.24, 2.45) is 23.7 Å². The van der Waals surface area contributed by atoms with Crippen molar-refractivity contribution < 1.29 is 38.7 Å². The van der Waals surface area contributed by atoms with Crippen LogP contribution in [0.25, 0.3) is 0 Å². The summed E-state index contributed by atoms with van der Waals surface area (Å²) in [6, 6.07) is 6.76. The molecule has 0 saturated carbocycles. The maximum Gasteiger partial charge on any atom is 0.255 e. The predicted octanol–water partition coefficient (Wildman–Crippen LogP) is 4.84. The summed E-state index contributed by atoms with van der Waals surface area (Å²) in [5.41, 5.74) is 1.16. The first kappa shape index (κ1) is 56.2. The second kappa shape index (κ2) is 25.5. The highest BCUT2D eigenvalue weighted by atomic mass is 16.3. The van der Waals surface area contributed by atoms with E-state index in [0.29, 0.717) is 50.6 Å². The smallest absolute Gasteiger partial charge is 0.255 e. The molecular formula is C53H82N8O8.